The zero-order valence-electron chi connectivity index (χ0n) is 16.9. The number of nitrogens with zero attached hydrogens (tertiary/aromatic N) is 4. The first-order valence-corrected chi connectivity index (χ1v) is 11.5. The maximum atomic E-state index is 11.5. The Hall–Kier alpha value is -3.20. The van der Waals surface area contributed by atoms with Crippen LogP contribution in [0.3, 0.4) is 0 Å². The molecule has 8 nitrogen and oxygen atoms in total. The monoisotopic (exact) mass is 434 g/mol. The van der Waals surface area contributed by atoms with Gasteiger partial charge < -0.3 is 15.3 Å². The lowest BCUT2D eigenvalue weighted by atomic mass is 9.88. The zero-order chi connectivity index (χ0) is 20.9. The molecule has 0 bridgehead atoms. The number of hydrogen-bond donors (Lipinski definition) is 3. The Kier molecular flexibility index (Phi) is 4.31. The van der Waals surface area contributed by atoms with Gasteiger partial charge in [-0.3, -0.25) is 9.89 Å². The number of carboxylic acid groups (broad SMARTS) is 1. The number of benzene rings is 1. The fraction of sp³-hybridized carbons (Fsp3) is 0.364. The summed E-state index contributed by atoms with van der Waals surface area (Å²) in [5, 5.41) is 22.4. The summed E-state index contributed by atoms with van der Waals surface area (Å²) in [7, 11) is 0. The molecule has 0 radical (unpaired) electrons. The van der Waals surface area contributed by atoms with E-state index in [9.17, 15) is 9.90 Å². The van der Waals surface area contributed by atoms with E-state index in [-0.39, 0.29) is 5.92 Å². The molecule has 3 N–H and O–H groups in total. The molecule has 9 heteroatoms. The minimum absolute atomic E-state index is 0.310. The average Bonchev–Trinajstić information content (AvgIpc) is 3.51. The lowest BCUT2D eigenvalue weighted by Crippen LogP contribution is -2.21. The van der Waals surface area contributed by atoms with Gasteiger partial charge in [-0.1, -0.05) is 0 Å². The molecule has 1 fully saturated rings. The fourth-order valence-corrected chi connectivity index (χ4v) is 6.11. The van der Waals surface area contributed by atoms with Crippen molar-refractivity contribution in [2.24, 2.45) is 5.92 Å². The number of carboxylic acids is 1. The summed E-state index contributed by atoms with van der Waals surface area (Å²) in [6, 6.07) is 4.29. The highest BCUT2D eigenvalue weighted by Crippen LogP contribution is 2.42. The molecule has 0 unspecified atom stereocenters. The lowest BCUT2D eigenvalue weighted by Gasteiger charge is -2.22. The number of anilines is 3. The van der Waals surface area contributed by atoms with Gasteiger partial charge in [0.1, 0.15) is 17.0 Å². The second kappa shape index (κ2) is 7.19. The van der Waals surface area contributed by atoms with E-state index in [0.29, 0.717) is 12.8 Å². The number of aromatic nitrogens is 4. The van der Waals surface area contributed by atoms with Gasteiger partial charge in [0.15, 0.2) is 0 Å². The SMILES string of the molecule is O=C(O)[C@H]1CCc2c(sc3ncnc(Nc4cc5cn[nH]c5cc4N4CCCC4)c23)C1. The molecule has 31 heavy (non-hydrogen) atoms. The number of rotatable bonds is 4. The van der Waals surface area contributed by atoms with Crippen molar-refractivity contribution in [2.75, 3.05) is 23.3 Å². The first kappa shape index (κ1) is 18.6. The molecule has 1 atom stereocenters. The van der Waals surface area contributed by atoms with Gasteiger partial charge in [0.25, 0.3) is 0 Å². The second-order valence-electron chi connectivity index (χ2n) is 8.33. The predicted octanol–water partition coefficient (Wildman–Crippen LogP) is 4.10. The Morgan fingerprint density at radius 2 is 2.13 bits per heavy atom. The largest absolute Gasteiger partial charge is 0.481 e. The Balaban J connectivity index is 1.45. The molecule has 4 heterocycles. The number of thiophene rings is 1. The molecule has 1 aromatic carbocycles. The van der Waals surface area contributed by atoms with Crippen LogP contribution in [0.4, 0.5) is 17.2 Å². The second-order valence-corrected chi connectivity index (χ2v) is 9.41. The maximum Gasteiger partial charge on any atom is 0.306 e. The van der Waals surface area contributed by atoms with Crippen LogP contribution < -0.4 is 10.2 Å². The highest BCUT2D eigenvalue weighted by Gasteiger charge is 2.29. The minimum Gasteiger partial charge on any atom is -0.481 e. The third-order valence-corrected chi connectivity index (χ3v) is 7.61. The first-order chi connectivity index (χ1) is 15.2. The van der Waals surface area contributed by atoms with Crippen LogP contribution in [0, 0.1) is 5.92 Å². The number of aromatic amines is 1. The Morgan fingerprint density at radius 3 is 2.97 bits per heavy atom. The summed E-state index contributed by atoms with van der Waals surface area (Å²) < 4.78 is 0. The summed E-state index contributed by atoms with van der Waals surface area (Å²) in [6.07, 6.45) is 7.79. The molecule has 0 spiro atoms. The molecule has 0 saturated carbocycles. The molecule has 1 saturated heterocycles. The average molecular weight is 435 g/mol. The zero-order valence-corrected chi connectivity index (χ0v) is 17.7. The van der Waals surface area contributed by atoms with Gasteiger partial charge in [0, 0.05) is 23.4 Å². The van der Waals surface area contributed by atoms with Crippen molar-refractivity contribution in [1.29, 1.82) is 0 Å². The first-order valence-electron chi connectivity index (χ1n) is 10.6. The van der Waals surface area contributed by atoms with E-state index in [1.807, 2.05) is 6.20 Å². The summed E-state index contributed by atoms with van der Waals surface area (Å²) in [5.41, 5.74) is 4.38. The van der Waals surface area contributed by atoms with Crippen molar-refractivity contribution >= 4 is 55.6 Å². The summed E-state index contributed by atoms with van der Waals surface area (Å²) in [4.78, 5) is 25.0. The summed E-state index contributed by atoms with van der Waals surface area (Å²) in [5.74, 6) is -0.231. The molecule has 0 amide bonds. The quantitative estimate of drug-likeness (QED) is 0.444. The van der Waals surface area contributed by atoms with E-state index < -0.39 is 5.97 Å². The van der Waals surface area contributed by atoms with E-state index in [1.165, 1.54) is 18.4 Å². The van der Waals surface area contributed by atoms with Gasteiger partial charge in [0.05, 0.1) is 34.4 Å². The molecule has 4 aromatic rings. The number of fused-ring (bicyclic) bond motifs is 4. The van der Waals surface area contributed by atoms with Crippen molar-refractivity contribution in [3.63, 3.8) is 0 Å². The highest BCUT2D eigenvalue weighted by atomic mass is 32.1. The standard InChI is InChI=1S/C22H22N6O2S/c29-22(30)12-3-4-14-18(8-12)31-21-19(14)20(23-11-24-21)26-16-7-13-10-25-27-15(13)9-17(16)28-5-1-2-6-28/h7,9-12H,1-6,8H2,(H,25,27)(H,29,30)(H,23,24,26)/t12-/m0/s1. The summed E-state index contributed by atoms with van der Waals surface area (Å²) in [6.45, 7) is 2.08. The molecular weight excluding hydrogens is 412 g/mol. The van der Waals surface area contributed by atoms with Gasteiger partial charge in [0.2, 0.25) is 0 Å². The van der Waals surface area contributed by atoms with Crippen LogP contribution in [-0.2, 0) is 17.6 Å². The highest BCUT2D eigenvalue weighted by molar-refractivity contribution is 7.19. The third-order valence-electron chi connectivity index (χ3n) is 6.45. The number of aryl methyl sites for hydroxylation is 1. The van der Waals surface area contributed by atoms with Crippen LogP contribution in [0.25, 0.3) is 21.1 Å². The number of H-pyrrole nitrogens is 1. The van der Waals surface area contributed by atoms with E-state index in [0.717, 1.165) is 62.7 Å². The minimum atomic E-state index is -0.712. The van der Waals surface area contributed by atoms with E-state index >= 15 is 0 Å². The number of carbonyl (C=O) groups is 1. The van der Waals surface area contributed by atoms with Crippen LogP contribution in [0.2, 0.25) is 0 Å². The van der Waals surface area contributed by atoms with Crippen LogP contribution in [0.5, 0.6) is 0 Å². The number of nitrogens with one attached hydrogen (secondary N) is 2. The van der Waals surface area contributed by atoms with E-state index in [4.69, 9.17) is 0 Å². The van der Waals surface area contributed by atoms with Crippen LogP contribution in [0.15, 0.2) is 24.7 Å². The number of aliphatic carboxylic acids is 1. The van der Waals surface area contributed by atoms with Crippen LogP contribution in [-0.4, -0.2) is 44.3 Å². The van der Waals surface area contributed by atoms with Crippen LogP contribution >= 0.6 is 11.3 Å². The van der Waals surface area contributed by atoms with Crippen LogP contribution in [0.1, 0.15) is 29.7 Å². The smallest absolute Gasteiger partial charge is 0.306 e. The lowest BCUT2D eigenvalue weighted by molar-refractivity contribution is -0.142. The predicted molar refractivity (Wildman–Crippen MR) is 121 cm³/mol. The van der Waals surface area contributed by atoms with Crippen molar-refractivity contribution < 1.29 is 9.90 Å². The van der Waals surface area contributed by atoms with E-state index in [1.54, 1.807) is 17.7 Å². The Labute approximate surface area is 182 Å². The molecular formula is C22H22N6O2S. The van der Waals surface area contributed by atoms with Crippen molar-refractivity contribution in [3.05, 3.63) is 35.1 Å². The Morgan fingerprint density at radius 1 is 1.26 bits per heavy atom. The van der Waals surface area contributed by atoms with Gasteiger partial charge in [-0.15, -0.1) is 11.3 Å². The van der Waals surface area contributed by atoms with Gasteiger partial charge in [-0.05, 0) is 49.8 Å². The van der Waals surface area contributed by atoms with Crippen molar-refractivity contribution in [3.8, 4) is 0 Å². The van der Waals surface area contributed by atoms with Gasteiger partial charge in [-0.2, -0.15) is 5.10 Å². The normalized spacial score (nSPS) is 18.6. The van der Waals surface area contributed by atoms with E-state index in [2.05, 4.69) is 42.5 Å². The van der Waals surface area contributed by atoms with Crippen molar-refractivity contribution in [1.82, 2.24) is 20.2 Å². The Bertz CT molecular complexity index is 1310. The molecule has 158 valence electrons. The molecule has 6 rings (SSSR count). The molecule has 1 aliphatic carbocycles. The molecule has 3 aromatic heterocycles. The number of hydrogen-bond acceptors (Lipinski definition) is 7. The van der Waals surface area contributed by atoms with Crippen molar-refractivity contribution in [2.45, 2.75) is 32.1 Å². The molecule has 1 aliphatic heterocycles. The maximum absolute atomic E-state index is 11.5. The molecule has 2 aliphatic rings. The fourth-order valence-electron chi connectivity index (χ4n) is 4.84. The summed E-state index contributed by atoms with van der Waals surface area (Å²) >= 11 is 1.60. The topological polar surface area (TPSA) is 107 Å². The third kappa shape index (κ3) is 3.11. The van der Waals surface area contributed by atoms with Gasteiger partial charge in [-0.25, -0.2) is 9.97 Å². The van der Waals surface area contributed by atoms with Gasteiger partial charge >= 0.3 is 5.97 Å².